The molecule has 35 heavy (non-hydrogen) atoms. The van der Waals surface area contributed by atoms with E-state index in [9.17, 15) is 4.79 Å². The van der Waals surface area contributed by atoms with Gasteiger partial charge >= 0.3 is 0 Å². The Hall–Kier alpha value is -2.79. The van der Waals surface area contributed by atoms with Crippen molar-refractivity contribution in [2.75, 3.05) is 50.8 Å². The number of nitrogens with zero attached hydrogens (tertiary/aromatic N) is 3. The van der Waals surface area contributed by atoms with E-state index in [0.717, 1.165) is 68.5 Å². The van der Waals surface area contributed by atoms with Crippen molar-refractivity contribution in [1.82, 2.24) is 9.80 Å². The third-order valence-electron chi connectivity index (χ3n) is 7.68. The average Bonchev–Trinajstić information content (AvgIpc) is 2.92. The van der Waals surface area contributed by atoms with Crippen molar-refractivity contribution in [3.05, 3.63) is 66.2 Å². The Kier molecular flexibility index (Phi) is 8.86. The van der Waals surface area contributed by atoms with Crippen LogP contribution in [0.15, 0.2) is 55.1 Å². The molecule has 0 radical (unpaired) electrons. The fourth-order valence-corrected chi connectivity index (χ4v) is 5.27. The highest BCUT2D eigenvalue weighted by molar-refractivity contribution is 5.95. The van der Waals surface area contributed by atoms with Gasteiger partial charge in [0.2, 0.25) is 0 Å². The predicted octanol–water partition coefficient (Wildman–Crippen LogP) is 5.57. The third-order valence-corrected chi connectivity index (χ3v) is 7.68. The quantitative estimate of drug-likeness (QED) is 0.444. The maximum atomic E-state index is 12.9. The predicted molar refractivity (Wildman–Crippen MR) is 145 cm³/mol. The lowest BCUT2D eigenvalue weighted by Gasteiger charge is -2.37. The highest BCUT2D eigenvalue weighted by Gasteiger charge is 2.24. The molecular weight excluding hydrogens is 434 g/mol. The van der Waals surface area contributed by atoms with E-state index >= 15 is 0 Å². The molecule has 0 bridgehead atoms. The van der Waals surface area contributed by atoms with Crippen LogP contribution in [-0.2, 0) is 0 Å². The monoisotopic (exact) mass is 475 g/mol. The first-order valence-corrected chi connectivity index (χ1v) is 13.3. The molecule has 5 nitrogen and oxygen atoms in total. The van der Waals surface area contributed by atoms with Gasteiger partial charge in [-0.15, -0.1) is 0 Å². The summed E-state index contributed by atoms with van der Waals surface area (Å²) >= 11 is 0. The molecule has 2 unspecified atom stereocenters. The van der Waals surface area contributed by atoms with Gasteiger partial charge in [-0.05, 0) is 74.1 Å². The number of hydrogen-bond acceptors (Lipinski definition) is 4. The zero-order valence-electron chi connectivity index (χ0n) is 21.5. The lowest BCUT2D eigenvalue weighted by atomic mass is 9.91. The molecular formula is C30H41N3O2. The molecule has 0 spiro atoms. The van der Waals surface area contributed by atoms with Crippen molar-refractivity contribution in [3.8, 4) is 5.75 Å². The molecule has 0 N–H and O–H groups in total. The minimum Gasteiger partial charge on any atom is -0.494 e. The van der Waals surface area contributed by atoms with Crippen LogP contribution < -0.4 is 9.64 Å². The van der Waals surface area contributed by atoms with Crippen LogP contribution in [0.2, 0.25) is 0 Å². The molecule has 5 heteroatoms. The second-order valence-corrected chi connectivity index (χ2v) is 10.0. The maximum absolute atomic E-state index is 12.9. The molecule has 2 aromatic rings. The fraction of sp³-hybridized carbons (Fsp3) is 0.500. The molecule has 2 saturated heterocycles. The number of likely N-dealkylation sites (tertiary alicyclic amines) is 1. The maximum Gasteiger partial charge on any atom is 0.253 e. The highest BCUT2D eigenvalue weighted by atomic mass is 16.5. The van der Waals surface area contributed by atoms with E-state index < -0.39 is 0 Å². The van der Waals surface area contributed by atoms with E-state index in [1.807, 2.05) is 29.2 Å². The Labute approximate surface area is 211 Å². The molecule has 4 rings (SSSR count). The number of carbonyl (C=O) groups is 1. The number of ether oxygens (including phenoxy) is 1. The standard InChI is InChI=1S/C30H41N3O2/c1-4-25-8-6-9-27(22-25)30(34)32-19-17-31(18-20-32)28-12-14-29(15-13-28)35-21-7-16-33-23-26(5-2)11-10-24(33)3/h4,6,8-9,12-15,22,24,26H,1,5,7,10-11,16-21,23H2,2-3H3. The van der Waals surface area contributed by atoms with Gasteiger partial charge in [-0.2, -0.15) is 0 Å². The van der Waals surface area contributed by atoms with Gasteiger partial charge < -0.3 is 19.4 Å². The number of rotatable bonds is 9. The van der Waals surface area contributed by atoms with Crippen molar-refractivity contribution >= 4 is 17.7 Å². The van der Waals surface area contributed by atoms with Crippen LogP contribution in [0.25, 0.3) is 6.08 Å². The third kappa shape index (κ3) is 6.66. The summed E-state index contributed by atoms with van der Waals surface area (Å²) in [6.07, 6.45) is 6.84. The van der Waals surface area contributed by atoms with Crippen LogP contribution in [0.3, 0.4) is 0 Å². The van der Waals surface area contributed by atoms with Crippen molar-refractivity contribution < 1.29 is 9.53 Å². The van der Waals surface area contributed by atoms with Crippen LogP contribution in [0.4, 0.5) is 5.69 Å². The molecule has 2 atom stereocenters. The number of piperidine rings is 1. The lowest BCUT2D eigenvalue weighted by Crippen LogP contribution is -2.48. The van der Waals surface area contributed by atoms with Crippen LogP contribution in [0, 0.1) is 5.92 Å². The van der Waals surface area contributed by atoms with Gasteiger partial charge in [-0.3, -0.25) is 4.79 Å². The largest absolute Gasteiger partial charge is 0.494 e. The zero-order chi connectivity index (χ0) is 24.6. The molecule has 188 valence electrons. The SMILES string of the molecule is C=Cc1cccc(C(=O)N2CCN(c3ccc(OCCCN4CC(CC)CCC4C)cc3)CC2)c1. The molecule has 2 aromatic carbocycles. The Morgan fingerprint density at radius 3 is 2.57 bits per heavy atom. The molecule has 2 aliphatic rings. The van der Waals surface area contributed by atoms with Crippen LogP contribution in [0.5, 0.6) is 5.75 Å². The lowest BCUT2D eigenvalue weighted by molar-refractivity contribution is 0.0746. The minimum absolute atomic E-state index is 0.0984. The van der Waals surface area contributed by atoms with E-state index in [1.54, 1.807) is 6.08 Å². The van der Waals surface area contributed by atoms with Crippen LogP contribution >= 0.6 is 0 Å². The number of anilines is 1. The Morgan fingerprint density at radius 1 is 1.09 bits per heavy atom. The summed E-state index contributed by atoms with van der Waals surface area (Å²) < 4.78 is 6.04. The number of carbonyl (C=O) groups excluding carboxylic acids is 1. The highest BCUT2D eigenvalue weighted by Crippen LogP contribution is 2.25. The first-order chi connectivity index (χ1) is 17.1. The van der Waals surface area contributed by atoms with Crippen molar-refractivity contribution in [2.45, 2.75) is 45.6 Å². The van der Waals surface area contributed by atoms with Gasteiger partial charge in [-0.1, -0.05) is 38.1 Å². The molecule has 0 saturated carbocycles. The summed E-state index contributed by atoms with van der Waals surface area (Å²) in [7, 11) is 0. The molecule has 2 fully saturated rings. The number of benzene rings is 2. The van der Waals surface area contributed by atoms with Gasteiger partial charge in [0.1, 0.15) is 5.75 Å². The van der Waals surface area contributed by atoms with Crippen LogP contribution in [-0.4, -0.2) is 67.6 Å². The summed E-state index contributed by atoms with van der Waals surface area (Å²) in [4.78, 5) is 19.8. The summed E-state index contributed by atoms with van der Waals surface area (Å²) in [6, 6.07) is 16.8. The van der Waals surface area contributed by atoms with Crippen LogP contribution in [0.1, 0.15) is 55.5 Å². The van der Waals surface area contributed by atoms with E-state index in [2.05, 4.69) is 54.5 Å². The fourth-order valence-electron chi connectivity index (χ4n) is 5.27. The van der Waals surface area contributed by atoms with Gasteiger partial charge in [0.25, 0.3) is 5.91 Å². The van der Waals surface area contributed by atoms with E-state index in [4.69, 9.17) is 4.74 Å². The van der Waals surface area contributed by atoms with Gasteiger partial charge in [0.15, 0.2) is 0 Å². The molecule has 0 aromatic heterocycles. The molecule has 1 amide bonds. The number of amides is 1. The first-order valence-electron chi connectivity index (χ1n) is 13.3. The summed E-state index contributed by atoms with van der Waals surface area (Å²) in [5, 5.41) is 0. The Morgan fingerprint density at radius 2 is 1.86 bits per heavy atom. The number of hydrogen-bond donors (Lipinski definition) is 0. The topological polar surface area (TPSA) is 36.0 Å². The number of piperazine rings is 1. The second kappa shape index (κ2) is 12.3. The zero-order valence-corrected chi connectivity index (χ0v) is 21.5. The Balaban J connectivity index is 1.20. The van der Waals surface area contributed by atoms with Crippen molar-refractivity contribution in [1.29, 1.82) is 0 Å². The van der Waals surface area contributed by atoms with E-state index in [1.165, 1.54) is 31.5 Å². The van der Waals surface area contributed by atoms with Gasteiger partial charge in [0.05, 0.1) is 6.61 Å². The van der Waals surface area contributed by atoms with Gasteiger partial charge in [-0.25, -0.2) is 0 Å². The normalized spacial score (nSPS) is 21.1. The average molecular weight is 476 g/mol. The second-order valence-electron chi connectivity index (χ2n) is 10.0. The molecule has 2 heterocycles. The van der Waals surface area contributed by atoms with Gasteiger partial charge in [0, 0.05) is 56.6 Å². The van der Waals surface area contributed by atoms with E-state index in [-0.39, 0.29) is 5.91 Å². The molecule has 2 aliphatic heterocycles. The first kappa shape index (κ1) is 25.3. The smallest absolute Gasteiger partial charge is 0.253 e. The Bertz CT molecular complexity index is 966. The minimum atomic E-state index is 0.0984. The molecule has 0 aliphatic carbocycles. The summed E-state index contributed by atoms with van der Waals surface area (Å²) in [6.45, 7) is 14.7. The van der Waals surface area contributed by atoms with Crippen molar-refractivity contribution in [3.63, 3.8) is 0 Å². The van der Waals surface area contributed by atoms with Crippen molar-refractivity contribution in [2.24, 2.45) is 5.92 Å². The summed E-state index contributed by atoms with van der Waals surface area (Å²) in [5.41, 5.74) is 2.89. The van der Waals surface area contributed by atoms with E-state index in [0.29, 0.717) is 6.04 Å². The summed E-state index contributed by atoms with van der Waals surface area (Å²) in [5.74, 6) is 1.90.